The van der Waals surface area contributed by atoms with Crippen molar-refractivity contribution in [2.45, 2.75) is 20.5 Å². The van der Waals surface area contributed by atoms with Gasteiger partial charge in [0, 0.05) is 29.9 Å². The topological polar surface area (TPSA) is 98.5 Å². The predicted molar refractivity (Wildman–Crippen MR) is 119 cm³/mol. The van der Waals surface area contributed by atoms with Gasteiger partial charge >= 0.3 is 0 Å². The van der Waals surface area contributed by atoms with Gasteiger partial charge in [-0.2, -0.15) is 0 Å². The van der Waals surface area contributed by atoms with Crippen molar-refractivity contribution in [3.05, 3.63) is 71.8 Å². The summed E-state index contributed by atoms with van der Waals surface area (Å²) in [6, 6.07) is 19.9. The summed E-state index contributed by atoms with van der Waals surface area (Å²) in [6.45, 7) is 5.20. The number of rotatable bonds is 8. The lowest BCUT2D eigenvalue weighted by molar-refractivity contribution is -0.109. The number of carbonyl (C=O) groups is 1. The van der Waals surface area contributed by atoms with Gasteiger partial charge < -0.3 is 14.8 Å². The number of amides is 1. The largest absolute Gasteiger partial charge is 0.494 e. The van der Waals surface area contributed by atoms with Gasteiger partial charge in [-0.05, 0) is 55.8 Å². The fraction of sp³-hybridized carbons (Fsp3) is 0.217. The van der Waals surface area contributed by atoms with Gasteiger partial charge in [-0.1, -0.05) is 18.2 Å². The molecule has 0 atom stereocenters. The summed E-state index contributed by atoms with van der Waals surface area (Å²) in [7, 11) is 1.92. The van der Waals surface area contributed by atoms with Crippen LogP contribution in [-0.2, 0) is 11.4 Å². The molecule has 0 aliphatic rings. The van der Waals surface area contributed by atoms with Gasteiger partial charge in [0.05, 0.1) is 12.3 Å². The Morgan fingerprint density at radius 1 is 1.03 bits per heavy atom. The summed E-state index contributed by atoms with van der Waals surface area (Å²) in [5.74, 6) is 5.89. The van der Waals surface area contributed by atoms with E-state index in [1.807, 2.05) is 62.5 Å². The van der Waals surface area contributed by atoms with Crippen molar-refractivity contribution in [3.63, 3.8) is 0 Å². The lowest BCUT2D eigenvalue weighted by atomic mass is 10.1. The fourth-order valence-electron chi connectivity index (χ4n) is 2.82. The molecule has 0 radical (unpaired) electrons. The normalized spacial score (nSPS) is 9.73. The average Bonchev–Trinajstić information content (AvgIpc) is 2.79. The van der Waals surface area contributed by atoms with Gasteiger partial charge in [-0.15, -0.1) is 0 Å². The van der Waals surface area contributed by atoms with Crippen LogP contribution in [0, 0.1) is 6.92 Å². The van der Waals surface area contributed by atoms with Gasteiger partial charge in [0.25, 0.3) is 0 Å². The van der Waals surface area contributed by atoms with Crippen molar-refractivity contribution in [2.75, 3.05) is 19.0 Å². The molecule has 1 aromatic heterocycles. The molecule has 7 nitrogen and oxygen atoms in total. The van der Waals surface area contributed by atoms with E-state index in [4.69, 9.17) is 14.3 Å². The summed E-state index contributed by atoms with van der Waals surface area (Å²) in [5.41, 5.74) is 7.07. The third-order valence-corrected chi connectivity index (χ3v) is 4.30. The standard InChI is InChI=1S/C22H24N2O2.CH4N2O/c1-4-25-18-13-11-17(12-14-18)20-8-6-10-22(24-20)26-15-19-16(2)7-5-9-21(19)23-3;2-3-1-4/h5-14,23H,4,15H2,1-3H3;1H,2H2,(H,3,4). The van der Waals surface area contributed by atoms with E-state index in [1.54, 1.807) is 5.43 Å². The molecular formula is C23H28N4O3. The third-order valence-electron chi connectivity index (χ3n) is 4.30. The first-order valence-electron chi connectivity index (χ1n) is 9.62. The molecule has 1 heterocycles. The molecule has 0 aliphatic carbocycles. The number of nitrogens with zero attached hydrogens (tertiary/aromatic N) is 1. The Balaban J connectivity index is 0.000000735. The van der Waals surface area contributed by atoms with Gasteiger partial charge in [-0.3, -0.25) is 10.2 Å². The second-order valence-corrected chi connectivity index (χ2v) is 6.24. The number of ether oxygens (including phenoxy) is 2. The van der Waals surface area contributed by atoms with Gasteiger partial charge in [0.1, 0.15) is 12.4 Å². The highest BCUT2D eigenvalue weighted by molar-refractivity contribution is 5.60. The lowest BCUT2D eigenvalue weighted by Gasteiger charge is -2.13. The number of nitrogens with one attached hydrogen (secondary N) is 2. The van der Waals surface area contributed by atoms with Crippen molar-refractivity contribution in [1.82, 2.24) is 10.4 Å². The van der Waals surface area contributed by atoms with Crippen LogP contribution in [0.5, 0.6) is 11.6 Å². The molecule has 30 heavy (non-hydrogen) atoms. The molecule has 0 aliphatic heterocycles. The van der Waals surface area contributed by atoms with Crippen molar-refractivity contribution in [3.8, 4) is 22.9 Å². The Hall–Kier alpha value is -3.58. The highest BCUT2D eigenvalue weighted by atomic mass is 16.5. The Bertz CT molecular complexity index is 930. The lowest BCUT2D eigenvalue weighted by Crippen LogP contribution is -2.18. The second kappa shape index (κ2) is 12.1. The first-order chi connectivity index (χ1) is 14.6. The highest BCUT2D eigenvalue weighted by Crippen LogP contribution is 2.24. The Kier molecular flexibility index (Phi) is 9.15. The number of hydrogen-bond donors (Lipinski definition) is 3. The van der Waals surface area contributed by atoms with E-state index in [2.05, 4.69) is 35.2 Å². The highest BCUT2D eigenvalue weighted by Gasteiger charge is 2.07. The smallest absolute Gasteiger partial charge is 0.221 e. The van der Waals surface area contributed by atoms with Gasteiger partial charge in [0.2, 0.25) is 12.3 Å². The van der Waals surface area contributed by atoms with Crippen molar-refractivity contribution in [2.24, 2.45) is 5.84 Å². The van der Waals surface area contributed by atoms with E-state index in [0.29, 0.717) is 25.5 Å². The monoisotopic (exact) mass is 408 g/mol. The predicted octanol–water partition coefficient (Wildman–Crippen LogP) is 3.68. The van der Waals surface area contributed by atoms with Crippen LogP contribution in [0.3, 0.4) is 0 Å². The molecule has 4 N–H and O–H groups in total. The van der Waals surface area contributed by atoms with Crippen LogP contribution in [0.4, 0.5) is 5.69 Å². The zero-order chi connectivity index (χ0) is 21.8. The van der Waals surface area contributed by atoms with Crippen molar-refractivity contribution >= 4 is 12.1 Å². The molecular weight excluding hydrogens is 380 g/mol. The maximum absolute atomic E-state index is 8.94. The van der Waals surface area contributed by atoms with E-state index in [-0.39, 0.29) is 0 Å². The van der Waals surface area contributed by atoms with Crippen molar-refractivity contribution < 1.29 is 14.3 Å². The van der Waals surface area contributed by atoms with Crippen LogP contribution in [0.15, 0.2) is 60.7 Å². The second-order valence-electron chi connectivity index (χ2n) is 6.24. The summed E-state index contributed by atoms with van der Waals surface area (Å²) in [5, 5.41) is 3.21. The number of aromatic nitrogens is 1. The molecule has 0 fully saturated rings. The third kappa shape index (κ3) is 6.49. The van der Waals surface area contributed by atoms with Crippen LogP contribution in [0.1, 0.15) is 18.1 Å². The first kappa shape index (κ1) is 22.7. The molecule has 0 saturated carbocycles. The first-order valence-corrected chi connectivity index (χ1v) is 9.62. The molecule has 3 rings (SSSR count). The summed E-state index contributed by atoms with van der Waals surface area (Å²) >= 11 is 0. The SMILES string of the molecule is CCOc1ccc(-c2cccc(OCc3c(C)cccc3NC)n2)cc1.NNC=O. The minimum Gasteiger partial charge on any atom is -0.494 e. The quantitative estimate of drug-likeness (QED) is 0.228. The van der Waals surface area contributed by atoms with E-state index in [1.165, 1.54) is 5.56 Å². The summed E-state index contributed by atoms with van der Waals surface area (Å²) in [6.07, 6.45) is 0.403. The maximum Gasteiger partial charge on any atom is 0.221 e. The fourth-order valence-corrected chi connectivity index (χ4v) is 2.82. The van der Waals surface area contributed by atoms with E-state index >= 15 is 0 Å². The van der Waals surface area contributed by atoms with Crippen LogP contribution >= 0.6 is 0 Å². The van der Waals surface area contributed by atoms with Gasteiger partial charge in [0.15, 0.2) is 0 Å². The van der Waals surface area contributed by atoms with Crippen molar-refractivity contribution in [1.29, 1.82) is 0 Å². The van der Waals surface area contributed by atoms with Crippen LogP contribution in [0.2, 0.25) is 0 Å². The molecule has 0 spiro atoms. The number of pyridine rings is 1. The number of anilines is 1. The molecule has 158 valence electrons. The van der Waals surface area contributed by atoms with E-state index in [0.717, 1.165) is 28.3 Å². The Labute approximate surface area is 177 Å². The van der Waals surface area contributed by atoms with E-state index in [9.17, 15) is 0 Å². The van der Waals surface area contributed by atoms with Crippen LogP contribution in [0.25, 0.3) is 11.3 Å². The summed E-state index contributed by atoms with van der Waals surface area (Å²) < 4.78 is 11.5. The number of aryl methyl sites for hydroxylation is 1. The van der Waals surface area contributed by atoms with Crippen LogP contribution in [-0.4, -0.2) is 25.0 Å². The Morgan fingerprint density at radius 2 is 1.73 bits per heavy atom. The minimum absolute atomic E-state index is 0.403. The average molecular weight is 409 g/mol. The molecule has 3 aromatic rings. The number of hydrazine groups is 1. The molecule has 7 heteroatoms. The number of nitrogens with two attached hydrogens (primary N) is 1. The molecule has 0 unspecified atom stereocenters. The molecule has 0 saturated heterocycles. The maximum atomic E-state index is 8.94. The van der Waals surface area contributed by atoms with E-state index < -0.39 is 0 Å². The molecule has 2 aromatic carbocycles. The number of benzene rings is 2. The molecule has 1 amide bonds. The van der Waals surface area contributed by atoms with Gasteiger partial charge in [-0.25, -0.2) is 10.8 Å². The number of carbonyl (C=O) groups excluding carboxylic acids is 1. The zero-order valence-corrected chi connectivity index (χ0v) is 17.5. The minimum atomic E-state index is 0.403. The molecule has 0 bridgehead atoms. The summed E-state index contributed by atoms with van der Waals surface area (Å²) in [4.78, 5) is 13.6. The Morgan fingerprint density at radius 3 is 2.37 bits per heavy atom. The number of hydrogen-bond acceptors (Lipinski definition) is 6. The van der Waals surface area contributed by atoms with Crippen LogP contribution < -0.4 is 26.1 Å². The zero-order valence-electron chi connectivity index (χ0n) is 17.5.